The fourth-order valence-corrected chi connectivity index (χ4v) is 3.23. The Balaban J connectivity index is 0.00000180. The van der Waals surface area contributed by atoms with Gasteiger partial charge in [0.2, 0.25) is 5.91 Å². The van der Waals surface area contributed by atoms with Crippen LogP contribution in [-0.2, 0) is 4.79 Å². The normalized spacial score (nSPS) is 25.9. The Morgan fingerprint density at radius 1 is 1.35 bits per heavy atom. The van der Waals surface area contributed by atoms with E-state index in [0.717, 1.165) is 39.0 Å². The molecule has 2 atom stereocenters. The monoisotopic (exact) mass is 325 g/mol. The van der Waals surface area contributed by atoms with Gasteiger partial charge in [0.25, 0.3) is 0 Å². The molecule has 2 heterocycles. The van der Waals surface area contributed by atoms with Gasteiger partial charge >= 0.3 is 0 Å². The minimum Gasteiger partial charge on any atom is -0.344 e. The summed E-state index contributed by atoms with van der Waals surface area (Å²) in [6.07, 6.45) is 4.41. The van der Waals surface area contributed by atoms with Gasteiger partial charge in [-0.3, -0.25) is 9.69 Å². The average molecular weight is 326 g/mol. The molecule has 2 unspecified atom stereocenters. The molecular weight excluding hydrogens is 297 g/mol. The van der Waals surface area contributed by atoms with Crippen LogP contribution in [0.25, 0.3) is 0 Å². The van der Waals surface area contributed by atoms with Crippen LogP contribution in [0.2, 0.25) is 0 Å². The van der Waals surface area contributed by atoms with Gasteiger partial charge in [0, 0.05) is 26.1 Å². The molecule has 0 aromatic rings. The van der Waals surface area contributed by atoms with Crippen LogP contribution in [-0.4, -0.2) is 61.5 Å². The van der Waals surface area contributed by atoms with Crippen molar-refractivity contribution in [1.29, 1.82) is 0 Å². The first-order valence-corrected chi connectivity index (χ1v) is 7.39. The Kier molecular flexibility index (Phi) is 9.81. The zero-order valence-electron chi connectivity index (χ0n) is 12.6. The molecule has 20 heavy (non-hydrogen) atoms. The fourth-order valence-electron chi connectivity index (χ4n) is 3.23. The molecule has 0 saturated carbocycles. The van der Waals surface area contributed by atoms with Crippen molar-refractivity contribution in [3.63, 3.8) is 0 Å². The van der Waals surface area contributed by atoms with Gasteiger partial charge in [-0.05, 0) is 51.4 Å². The first-order valence-electron chi connectivity index (χ1n) is 7.39. The maximum Gasteiger partial charge on any atom is 0.222 e. The molecule has 0 aliphatic carbocycles. The van der Waals surface area contributed by atoms with E-state index in [0.29, 0.717) is 17.9 Å². The van der Waals surface area contributed by atoms with Gasteiger partial charge in [0.1, 0.15) is 0 Å². The predicted octanol–water partition coefficient (Wildman–Crippen LogP) is 1.77. The Morgan fingerprint density at radius 2 is 2.10 bits per heavy atom. The van der Waals surface area contributed by atoms with Crippen LogP contribution >= 0.6 is 24.8 Å². The highest BCUT2D eigenvalue weighted by Gasteiger charge is 2.26. The van der Waals surface area contributed by atoms with Crippen molar-refractivity contribution in [2.45, 2.75) is 38.6 Å². The molecule has 6 heteroatoms. The number of carbonyl (C=O) groups excluding carboxylic acids is 1. The number of nitrogens with one attached hydrogen (secondary N) is 1. The highest BCUT2D eigenvalue weighted by atomic mass is 35.5. The summed E-state index contributed by atoms with van der Waals surface area (Å²) in [4.78, 5) is 16.6. The second kappa shape index (κ2) is 9.82. The minimum atomic E-state index is 0. The molecule has 120 valence electrons. The van der Waals surface area contributed by atoms with E-state index in [1.807, 2.05) is 11.9 Å². The van der Waals surface area contributed by atoms with Gasteiger partial charge < -0.3 is 10.2 Å². The quantitative estimate of drug-likeness (QED) is 0.836. The van der Waals surface area contributed by atoms with Crippen LogP contribution < -0.4 is 5.32 Å². The summed E-state index contributed by atoms with van der Waals surface area (Å²) in [5.74, 6) is 0.887. The summed E-state index contributed by atoms with van der Waals surface area (Å²) in [5.41, 5.74) is 0. The third kappa shape index (κ3) is 5.40. The van der Waals surface area contributed by atoms with Crippen LogP contribution in [0, 0.1) is 5.92 Å². The summed E-state index contributed by atoms with van der Waals surface area (Å²) < 4.78 is 0. The van der Waals surface area contributed by atoms with Crippen molar-refractivity contribution >= 4 is 30.7 Å². The summed E-state index contributed by atoms with van der Waals surface area (Å²) in [7, 11) is 1.97. The van der Waals surface area contributed by atoms with Crippen molar-refractivity contribution in [3.05, 3.63) is 0 Å². The maximum atomic E-state index is 12.2. The molecule has 1 N–H and O–H groups in total. The van der Waals surface area contributed by atoms with Gasteiger partial charge in [0.15, 0.2) is 0 Å². The third-order valence-corrected chi connectivity index (χ3v) is 4.44. The molecule has 1 amide bonds. The Hall–Kier alpha value is -0.0300. The van der Waals surface area contributed by atoms with Crippen molar-refractivity contribution in [2.75, 3.05) is 39.8 Å². The van der Waals surface area contributed by atoms with E-state index in [4.69, 9.17) is 0 Å². The largest absolute Gasteiger partial charge is 0.344 e. The van der Waals surface area contributed by atoms with Gasteiger partial charge in [-0.1, -0.05) is 6.92 Å². The van der Waals surface area contributed by atoms with Crippen LogP contribution in [0.5, 0.6) is 0 Å². The predicted molar refractivity (Wildman–Crippen MR) is 88.0 cm³/mol. The zero-order valence-corrected chi connectivity index (χ0v) is 14.3. The number of amides is 1. The van der Waals surface area contributed by atoms with Crippen molar-refractivity contribution in [3.8, 4) is 0 Å². The smallest absolute Gasteiger partial charge is 0.222 e. The van der Waals surface area contributed by atoms with Gasteiger partial charge in [0.05, 0.1) is 0 Å². The Bertz CT molecular complexity index is 286. The molecule has 0 aromatic heterocycles. The van der Waals surface area contributed by atoms with Crippen LogP contribution in [0.15, 0.2) is 0 Å². The molecule has 4 nitrogen and oxygen atoms in total. The first-order chi connectivity index (χ1) is 8.70. The van der Waals surface area contributed by atoms with E-state index in [1.54, 1.807) is 0 Å². The second-order valence-electron chi connectivity index (χ2n) is 5.76. The summed E-state index contributed by atoms with van der Waals surface area (Å²) in [5, 5.41) is 3.33. The number of carbonyl (C=O) groups is 1. The van der Waals surface area contributed by atoms with Crippen molar-refractivity contribution < 1.29 is 4.79 Å². The number of hydrogen-bond donors (Lipinski definition) is 1. The van der Waals surface area contributed by atoms with Gasteiger partial charge in [-0.15, -0.1) is 24.8 Å². The van der Waals surface area contributed by atoms with E-state index in [-0.39, 0.29) is 24.8 Å². The third-order valence-electron chi connectivity index (χ3n) is 4.44. The number of likely N-dealkylation sites (tertiary alicyclic amines) is 1. The van der Waals surface area contributed by atoms with E-state index in [1.165, 1.54) is 19.4 Å². The summed E-state index contributed by atoms with van der Waals surface area (Å²) >= 11 is 0. The Labute approximate surface area is 135 Å². The number of rotatable bonds is 5. The number of likely N-dealkylation sites (N-methyl/N-ethyl adjacent to an activating group) is 2. The zero-order chi connectivity index (χ0) is 13.0. The second-order valence-corrected chi connectivity index (χ2v) is 5.76. The van der Waals surface area contributed by atoms with Crippen LogP contribution in [0.3, 0.4) is 0 Å². The van der Waals surface area contributed by atoms with E-state index in [9.17, 15) is 4.79 Å². The van der Waals surface area contributed by atoms with Crippen molar-refractivity contribution in [2.24, 2.45) is 5.92 Å². The van der Waals surface area contributed by atoms with E-state index >= 15 is 0 Å². The number of hydrogen-bond acceptors (Lipinski definition) is 3. The number of nitrogens with zero attached hydrogens (tertiary/aromatic N) is 2. The topological polar surface area (TPSA) is 35.6 Å². The lowest BCUT2D eigenvalue weighted by Gasteiger charge is -2.28. The maximum absolute atomic E-state index is 12.2. The fraction of sp³-hybridized carbons (Fsp3) is 0.929. The molecular formula is C14H29Cl2N3O. The lowest BCUT2D eigenvalue weighted by molar-refractivity contribution is -0.131. The molecule has 2 saturated heterocycles. The number of halogens is 2. The highest BCUT2D eigenvalue weighted by Crippen LogP contribution is 2.19. The van der Waals surface area contributed by atoms with Crippen LogP contribution in [0.1, 0.15) is 32.6 Å². The SMILES string of the molecule is CCN1CCCC1CN(C)C(=O)CC1CCNC1.Cl.Cl. The molecule has 0 spiro atoms. The van der Waals surface area contributed by atoms with E-state index < -0.39 is 0 Å². The van der Waals surface area contributed by atoms with Crippen molar-refractivity contribution in [1.82, 2.24) is 15.1 Å². The average Bonchev–Trinajstić information content (AvgIpc) is 2.99. The summed E-state index contributed by atoms with van der Waals surface area (Å²) in [6.45, 7) is 7.53. The standard InChI is InChI=1S/C14H27N3O.2ClH/c1-3-17-8-4-5-13(17)11-16(2)14(18)9-12-6-7-15-10-12;;/h12-13,15H,3-11H2,1-2H3;2*1H. The lowest BCUT2D eigenvalue weighted by atomic mass is 10.0. The molecule has 2 fully saturated rings. The molecule has 0 bridgehead atoms. The van der Waals surface area contributed by atoms with Gasteiger partial charge in [-0.25, -0.2) is 0 Å². The molecule has 0 aromatic carbocycles. The Morgan fingerprint density at radius 3 is 2.70 bits per heavy atom. The minimum absolute atomic E-state index is 0. The molecule has 2 rings (SSSR count). The molecule has 2 aliphatic rings. The molecule has 2 aliphatic heterocycles. The van der Waals surface area contributed by atoms with Crippen LogP contribution in [0.4, 0.5) is 0 Å². The lowest BCUT2D eigenvalue weighted by Crippen LogP contribution is -2.41. The van der Waals surface area contributed by atoms with E-state index in [2.05, 4.69) is 17.1 Å². The molecule has 0 radical (unpaired) electrons. The van der Waals surface area contributed by atoms with Gasteiger partial charge in [-0.2, -0.15) is 0 Å². The highest BCUT2D eigenvalue weighted by molar-refractivity contribution is 5.85. The first kappa shape index (κ1) is 20.0. The summed E-state index contributed by atoms with van der Waals surface area (Å²) in [6, 6.07) is 0.589.